The molecule has 8 nitrogen and oxygen atoms in total. The zero-order chi connectivity index (χ0) is 22.0. The van der Waals surface area contributed by atoms with Gasteiger partial charge in [-0.25, -0.2) is 4.98 Å². The zero-order valence-corrected chi connectivity index (χ0v) is 18.4. The van der Waals surface area contributed by atoms with Gasteiger partial charge in [0.15, 0.2) is 0 Å². The Balaban J connectivity index is 1.47. The largest absolute Gasteiger partial charge is 0.351 e. The third-order valence-corrected chi connectivity index (χ3v) is 6.09. The Morgan fingerprint density at radius 2 is 1.97 bits per heavy atom. The van der Waals surface area contributed by atoms with Gasteiger partial charge >= 0.3 is 0 Å². The van der Waals surface area contributed by atoms with E-state index in [0.29, 0.717) is 42.4 Å². The molecule has 1 fully saturated rings. The van der Waals surface area contributed by atoms with Crippen molar-refractivity contribution in [2.45, 2.75) is 65.5 Å². The molecule has 1 aromatic carbocycles. The molecule has 3 heterocycles. The van der Waals surface area contributed by atoms with E-state index in [4.69, 9.17) is 0 Å². The smallest absolute Gasteiger partial charge is 0.277 e. The number of H-pyrrole nitrogens is 1. The van der Waals surface area contributed by atoms with E-state index in [0.717, 1.165) is 24.9 Å². The summed E-state index contributed by atoms with van der Waals surface area (Å²) in [5.74, 6) is 0.926. The standard InChI is InChI=1S/C23H30N6O2/c1-15-7-9-18(10-8-15)14-24-22-26-23-25-17(3)19(21(31)29(23)27-22)11-12-20(30)28-13-5-4-6-16(28)2/h7-10,16H,4-6,11-14H2,1-3H3,(H2,24,25,26,27)/t16-/m1/s1. The summed E-state index contributed by atoms with van der Waals surface area (Å²) in [6.07, 6.45) is 3.98. The lowest BCUT2D eigenvalue weighted by Crippen LogP contribution is -2.42. The summed E-state index contributed by atoms with van der Waals surface area (Å²) in [4.78, 5) is 36.5. The molecule has 2 aromatic heterocycles. The molecule has 1 saturated heterocycles. The predicted octanol–water partition coefficient (Wildman–Crippen LogP) is 2.98. The third-order valence-electron chi connectivity index (χ3n) is 6.09. The van der Waals surface area contributed by atoms with Crippen molar-refractivity contribution in [2.24, 2.45) is 0 Å². The summed E-state index contributed by atoms with van der Waals surface area (Å²) in [7, 11) is 0. The number of anilines is 1. The van der Waals surface area contributed by atoms with Crippen molar-refractivity contribution in [3.8, 4) is 0 Å². The van der Waals surface area contributed by atoms with Crippen LogP contribution in [0.3, 0.4) is 0 Å². The lowest BCUT2D eigenvalue weighted by Gasteiger charge is -2.33. The lowest BCUT2D eigenvalue weighted by atomic mass is 10.0. The molecule has 0 unspecified atom stereocenters. The molecule has 1 amide bonds. The van der Waals surface area contributed by atoms with Gasteiger partial charge in [0, 0.05) is 31.1 Å². The summed E-state index contributed by atoms with van der Waals surface area (Å²) in [5, 5.41) is 6.20. The van der Waals surface area contributed by atoms with Crippen LogP contribution in [0, 0.1) is 13.8 Å². The minimum atomic E-state index is -0.196. The van der Waals surface area contributed by atoms with Gasteiger partial charge in [-0.05, 0) is 52.0 Å². The van der Waals surface area contributed by atoms with Crippen molar-refractivity contribution < 1.29 is 4.79 Å². The second kappa shape index (κ2) is 8.91. The first-order valence-corrected chi connectivity index (χ1v) is 11.0. The van der Waals surface area contributed by atoms with Gasteiger partial charge in [0.1, 0.15) is 0 Å². The lowest BCUT2D eigenvalue weighted by molar-refractivity contribution is -0.134. The summed E-state index contributed by atoms with van der Waals surface area (Å²) in [6.45, 7) is 7.35. The number of benzene rings is 1. The number of aromatic nitrogens is 4. The monoisotopic (exact) mass is 422 g/mol. The molecule has 1 aliphatic heterocycles. The van der Waals surface area contributed by atoms with Gasteiger partial charge in [-0.3, -0.25) is 14.7 Å². The minimum Gasteiger partial charge on any atom is -0.351 e. The maximum absolute atomic E-state index is 13.0. The molecule has 8 heteroatoms. The summed E-state index contributed by atoms with van der Waals surface area (Å²) >= 11 is 0. The fraction of sp³-hybridized carbons (Fsp3) is 0.478. The molecular weight excluding hydrogens is 392 g/mol. The Bertz CT molecular complexity index is 1130. The van der Waals surface area contributed by atoms with E-state index in [2.05, 4.69) is 58.5 Å². The second-order valence-corrected chi connectivity index (χ2v) is 8.46. The Hall–Kier alpha value is -3.16. The Labute approximate surface area is 181 Å². The molecule has 164 valence electrons. The Morgan fingerprint density at radius 3 is 2.71 bits per heavy atom. The average molecular weight is 423 g/mol. The molecular formula is C23H30N6O2. The van der Waals surface area contributed by atoms with Crippen LogP contribution in [0.2, 0.25) is 0 Å². The van der Waals surface area contributed by atoms with E-state index < -0.39 is 0 Å². The number of nitrogens with zero attached hydrogens (tertiary/aromatic N) is 4. The van der Waals surface area contributed by atoms with Crippen LogP contribution in [0.15, 0.2) is 29.1 Å². The van der Waals surface area contributed by atoms with Crippen LogP contribution in [0.1, 0.15) is 55.0 Å². The quantitative estimate of drug-likeness (QED) is 0.637. The van der Waals surface area contributed by atoms with Crippen molar-refractivity contribution >= 4 is 17.6 Å². The normalized spacial score (nSPS) is 16.6. The molecule has 0 bridgehead atoms. The van der Waals surface area contributed by atoms with Gasteiger partial charge in [0.05, 0.1) is 5.69 Å². The van der Waals surface area contributed by atoms with E-state index in [9.17, 15) is 9.59 Å². The van der Waals surface area contributed by atoms with E-state index in [-0.39, 0.29) is 17.5 Å². The fourth-order valence-electron chi connectivity index (χ4n) is 4.16. The average Bonchev–Trinajstić information content (AvgIpc) is 3.16. The Kier molecular flexibility index (Phi) is 6.06. The van der Waals surface area contributed by atoms with Gasteiger partial charge in [-0.15, -0.1) is 0 Å². The van der Waals surface area contributed by atoms with Crippen LogP contribution in [0.25, 0.3) is 5.78 Å². The zero-order valence-electron chi connectivity index (χ0n) is 18.4. The number of aryl methyl sites for hydroxylation is 2. The number of aromatic amines is 1. The number of likely N-dealkylation sites (tertiary alicyclic amines) is 1. The van der Waals surface area contributed by atoms with E-state index in [1.54, 1.807) is 6.92 Å². The highest BCUT2D eigenvalue weighted by Crippen LogP contribution is 2.18. The summed E-state index contributed by atoms with van der Waals surface area (Å²) < 4.78 is 1.35. The summed E-state index contributed by atoms with van der Waals surface area (Å²) in [5.41, 5.74) is 3.32. The molecule has 3 aromatic rings. The van der Waals surface area contributed by atoms with Crippen LogP contribution < -0.4 is 10.9 Å². The number of hydrogen-bond acceptors (Lipinski definition) is 5. The van der Waals surface area contributed by atoms with Crippen molar-refractivity contribution in [2.75, 3.05) is 11.9 Å². The highest BCUT2D eigenvalue weighted by Gasteiger charge is 2.23. The van der Waals surface area contributed by atoms with Crippen LogP contribution in [0.4, 0.5) is 5.95 Å². The Morgan fingerprint density at radius 1 is 1.19 bits per heavy atom. The van der Waals surface area contributed by atoms with Crippen LogP contribution in [-0.4, -0.2) is 43.0 Å². The highest BCUT2D eigenvalue weighted by atomic mass is 16.2. The van der Waals surface area contributed by atoms with Gasteiger partial charge in [-0.1, -0.05) is 29.8 Å². The number of carbonyl (C=O) groups is 1. The first-order valence-electron chi connectivity index (χ1n) is 11.0. The predicted molar refractivity (Wildman–Crippen MR) is 120 cm³/mol. The highest BCUT2D eigenvalue weighted by molar-refractivity contribution is 5.76. The molecule has 0 spiro atoms. The first kappa shape index (κ1) is 21.1. The SMILES string of the molecule is Cc1ccc(CNc2nc3nc(C)c(CCC(=O)N4CCCC[C@H]4C)c(=O)n3[nH]2)cc1. The number of amides is 1. The number of carbonyl (C=O) groups excluding carboxylic acids is 1. The number of nitrogens with one attached hydrogen (secondary N) is 2. The van der Waals surface area contributed by atoms with Crippen LogP contribution in [0.5, 0.6) is 0 Å². The van der Waals surface area contributed by atoms with Gasteiger partial charge in [0.2, 0.25) is 11.9 Å². The van der Waals surface area contributed by atoms with Crippen molar-refractivity contribution in [3.63, 3.8) is 0 Å². The first-order chi connectivity index (χ1) is 14.9. The van der Waals surface area contributed by atoms with E-state index >= 15 is 0 Å². The second-order valence-electron chi connectivity index (χ2n) is 8.46. The molecule has 0 aliphatic carbocycles. The van der Waals surface area contributed by atoms with Gasteiger partial charge in [-0.2, -0.15) is 9.50 Å². The molecule has 1 aliphatic rings. The molecule has 0 radical (unpaired) electrons. The maximum atomic E-state index is 13.0. The molecule has 0 saturated carbocycles. The van der Waals surface area contributed by atoms with Crippen molar-refractivity contribution in [1.29, 1.82) is 0 Å². The fourth-order valence-corrected chi connectivity index (χ4v) is 4.16. The van der Waals surface area contributed by atoms with Gasteiger partial charge in [0.25, 0.3) is 11.3 Å². The van der Waals surface area contributed by atoms with Crippen molar-refractivity contribution in [1.82, 2.24) is 24.5 Å². The van der Waals surface area contributed by atoms with Crippen LogP contribution in [-0.2, 0) is 17.8 Å². The van der Waals surface area contributed by atoms with Crippen LogP contribution >= 0.6 is 0 Å². The van der Waals surface area contributed by atoms with Crippen molar-refractivity contribution in [3.05, 3.63) is 57.0 Å². The molecule has 1 atom stereocenters. The molecule has 2 N–H and O–H groups in total. The molecule has 31 heavy (non-hydrogen) atoms. The minimum absolute atomic E-state index is 0.112. The van der Waals surface area contributed by atoms with Gasteiger partial charge < -0.3 is 10.2 Å². The summed E-state index contributed by atoms with van der Waals surface area (Å²) in [6, 6.07) is 8.50. The number of rotatable bonds is 6. The number of hydrogen-bond donors (Lipinski definition) is 2. The van der Waals surface area contributed by atoms with E-state index in [1.807, 2.05) is 4.90 Å². The number of fused-ring (bicyclic) bond motifs is 1. The maximum Gasteiger partial charge on any atom is 0.277 e. The third kappa shape index (κ3) is 4.62. The topological polar surface area (TPSA) is 95.4 Å². The number of piperidine rings is 1. The van der Waals surface area contributed by atoms with E-state index in [1.165, 1.54) is 16.5 Å². The molecule has 4 rings (SSSR count).